The van der Waals surface area contributed by atoms with Gasteiger partial charge in [0.1, 0.15) is 23.1 Å². The van der Waals surface area contributed by atoms with Crippen molar-refractivity contribution in [3.8, 4) is 0 Å². The second-order valence-electron chi connectivity index (χ2n) is 20.1. The first-order valence-corrected chi connectivity index (χ1v) is 23.9. The van der Waals surface area contributed by atoms with Crippen LogP contribution in [-0.4, -0.2) is 120 Å². The van der Waals surface area contributed by atoms with E-state index in [0.717, 1.165) is 45.1 Å². The number of Topliss-reactive ketones (excluding diaryl/α,β-unsaturated/α-hetero) is 4. The van der Waals surface area contributed by atoms with Crippen molar-refractivity contribution in [3.05, 3.63) is 0 Å². The third kappa shape index (κ3) is 20.1. The fraction of sp³-hybridized carbons (Fsp3) is 0.868. The van der Waals surface area contributed by atoms with E-state index < -0.39 is 18.3 Å². The Morgan fingerprint density at radius 1 is 0.582 bits per heavy atom. The van der Waals surface area contributed by atoms with Crippen LogP contribution in [0.4, 0.5) is 0 Å². The number of carbonyl (C=O) groups is 7. The molecule has 14 nitrogen and oxygen atoms in total. The Morgan fingerprint density at radius 3 is 1.22 bits per heavy atom. The summed E-state index contributed by atoms with van der Waals surface area (Å²) in [4.78, 5) is 82.3. The highest BCUT2D eigenvalue weighted by molar-refractivity contribution is 5.86. The van der Waals surface area contributed by atoms with Crippen molar-refractivity contribution in [2.24, 2.45) is 71.0 Å². The minimum atomic E-state index is -0.692. The van der Waals surface area contributed by atoms with E-state index in [1.54, 1.807) is 21.1 Å². The predicted molar refractivity (Wildman–Crippen MR) is 269 cm³/mol. The normalized spacial score (nSPS) is 30.0. The first-order valence-electron chi connectivity index (χ1n) is 23.9. The van der Waals surface area contributed by atoms with E-state index >= 15 is 0 Å². The molecule has 4 saturated carbocycles. The van der Waals surface area contributed by atoms with Gasteiger partial charge in [-0.1, -0.05) is 85.1 Å². The van der Waals surface area contributed by atoms with Crippen LogP contribution in [0.25, 0.3) is 0 Å². The van der Waals surface area contributed by atoms with Crippen molar-refractivity contribution in [2.45, 2.75) is 193 Å². The Hall–Kier alpha value is -3.07. The fourth-order valence-electron chi connectivity index (χ4n) is 10.2. The van der Waals surface area contributed by atoms with Crippen molar-refractivity contribution in [3.63, 3.8) is 0 Å². The molecule has 3 amide bonds. The highest BCUT2D eigenvalue weighted by atomic mass is 16.5. The van der Waals surface area contributed by atoms with Gasteiger partial charge < -0.3 is 35.6 Å². The van der Waals surface area contributed by atoms with Gasteiger partial charge in [-0.2, -0.15) is 0 Å². The molecule has 0 aromatic heterocycles. The number of nitrogens with one attached hydrogen (secondary N) is 2. The average Bonchev–Trinajstić information content (AvgIpc) is 4.04. The molecule has 5 N–H and O–H groups in total. The molecule has 5 fully saturated rings. The average molecular weight is 956 g/mol. The molecule has 394 valence electrons. The monoisotopic (exact) mass is 956 g/mol. The maximum atomic E-state index is 11.7. The van der Waals surface area contributed by atoms with Crippen LogP contribution in [0.15, 0.2) is 0 Å². The maximum Gasteiger partial charge on any atom is 0.222 e. The van der Waals surface area contributed by atoms with Gasteiger partial charge in [-0.3, -0.25) is 33.6 Å². The lowest BCUT2D eigenvalue weighted by Crippen LogP contribution is -2.36. The number of carbonyl (C=O) groups excluding carboxylic acids is 7. The summed E-state index contributed by atoms with van der Waals surface area (Å²) in [6.45, 7) is 19.2. The lowest BCUT2D eigenvalue weighted by atomic mass is 9.83. The van der Waals surface area contributed by atoms with Crippen LogP contribution in [-0.2, 0) is 38.3 Å². The standard InChI is InChI=1S/2C13H23NO3.C12H21NO3.C11H18O2.4CH4/c1-8-5-6-10(15)12(8)13(17)9(2)7-11(16)14(3)4;1-4-14-11(16)7-9(3)13(17)12-8(2)5-6-10(12)15;1-7-4-5-9(14)11(7)12(16)8(2)6-10(15)13-3;1-7-3-4-9(12)10(7)11-8(2)5-6-13-11;;;;/h8-9,12-13,17H,5-7H2,1-4H3;8-9,12-13,17H,4-7H2,1-3H3,(H,14,16);7-8,11-12,16H,4-6H2,1-3H3,(H,13,15);7-8,10-11H,3-6H2,1-2H3;4*1H4/t2*8?,9-,12-,13?;7?,8-,11-,12?;7?,8-,10-,11-;;;;/m1111..../s1. The van der Waals surface area contributed by atoms with Crippen LogP contribution in [0.1, 0.15) is 169 Å². The second-order valence-corrected chi connectivity index (χ2v) is 20.1. The summed E-state index contributed by atoms with van der Waals surface area (Å²) in [5.74, 6) is 1.39. The molecule has 5 rings (SSSR count). The van der Waals surface area contributed by atoms with Crippen molar-refractivity contribution in [1.82, 2.24) is 15.5 Å². The molecule has 0 bridgehead atoms. The quantitative estimate of drug-likeness (QED) is 0.115. The highest BCUT2D eigenvalue weighted by Gasteiger charge is 2.44. The van der Waals surface area contributed by atoms with Gasteiger partial charge in [0, 0.05) is 103 Å². The highest BCUT2D eigenvalue weighted by Crippen LogP contribution is 2.39. The summed E-state index contributed by atoms with van der Waals surface area (Å²) in [7, 11) is 4.97. The lowest BCUT2D eigenvalue weighted by Gasteiger charge is -2.26. The Balaban J connectivity index is -0.000000802. The van der Waals surface area contributed by atoms with Gasteiger partial charge in [0.25, 0.3) is 0 Å². The number of aliphatic hydroxyl groups excluding tert-OH is 3. The molecule has 0 aromatic rings. The minimum absolute atomic E-state index is 0. The zero-order valence-corrected chi connectivity index (χ0v) is 40.7. The van der Waals surface area contributed by atoms with E-state index in [4.69, 9.17) is 4.74 Å². The number of rotatable bonds is 14. The van der Waals surface area contributed by atoms with Gasteiger partial charge in [0.05, 0.1) is 24.4 Å². The molecule has 0 spiro atoms. The molecule has 0 aromatic carbocycles. The number of amides is 3. The Morgan fingerprint density at radius 2 is 0.940 bits per heavy atom. The molecular formula is C53H101N3O11. The van der Waals surface area contributed by atoms with Crippen molar-refractivity contribution < 1.29 is 53.6 Å². The molecule has 4 aliphatic carbocycles. The summed E-state index contributed by atoms with van der Waals surface area (Å²) < 4.78 is 5.67. The number of ketones is 4. The smallest absolute Gasteiger partial charge is 0.222 e. The van der Waals surface area contributed by atoms with E-state index in [2.05, 4.69) is 24.5 Å². The van der Waals surface area contributed by atoms with Crippen LogP contribution >= 0.6 is 0 Å². The zero-order chi connectivity index (χ0) is 47.9. The van der Waals surface area contributed by atoms with Gasteiger partial charge in [-0.05, 0) is 86.4 Å². The first-order chi connectivity index (χ1) is 29.5. The second kappa shape index (κ2) is 32.7. The van der Waals surface area contributed by atoms with E-state index in [9.17, 15) is 48.9 Å². The zero-order valence-electron chi connectivity index (χ0n) is 40.7. The SMILES string of the molecule is C.C.C.C.CC1CCC(=O)[C@@H]1C(O)[C@H](C)CC(=O)N(C)C.CC1CCC(=O)[C@@H]1[C@@H]1OCC[C@H]1C.CCNC(=O)C[C@@H](C)C(O)[C@H]1C(=O)CCC1C.CNC(=O)C[C@@H](C)C(O)[C@H]1C(=O)CCC1C. The van der Waals surface area contributed by atoms with Gasteiger partial charge >= 0.3 is 0 Å². The van der Waals surface area contributed by atoms with Gasteiger partial charge in [0.15, 0.2) is 0 Å². The summed E-state index contributed by atoms with van der Waals surface area (Å²) in [6, 6.07) is 0. The summed E-state index contributed by atoms with van der Waals surface area (Å²) in [5.41, 5.74) is 0. The van der Waals surface area contributed by atoms with Crippen LogP contribution in [0, 0.1) is 71.0 Å². The lowest BCUT2D eigenvalue weighted by molar-refractivity contribution is -0.133. The van der Waals surface area contributed by atoms with Crippen LogP contribution in [0.3, 0.4) is 0 Å². The van der Waals surface area contributed by atoms with Gasteiger partial charge in [0.2, 0.25) is 17.7 Å². The molecule has 0 radical (unpaired) electrons. The Labute approximate surface area is 407 Å². The van der Waals surface area contributed by atoms with Crippen molar-refractivity contribution in [2.75, 3.05) is 34.3 Å². The molecule has 5 aliphatic rings. The van der Waals surface area contributed by atoms with Crippen molar-refractivity contribution in [1.29, 1.82) is 0 Å². The van der Waals surface area contributed by atoms with Gasteiger partial charge in [-0.15, -0.1) is 0 Å². The third-order valence-electron chi connectivity index (χ3n) is 14.6. The first kappa shape index (κ1) is 68.2. The summed E-state index contributed by atoms with van der Waals surface area (Å²) in [5, 5.41) is 35.7. The third-order valence-corrected chi connectivity index (χ3v) is 14.6. The Kier molecular flexibility index (Phi) is 33.3. The Bertz CT molecular complexity index is 1520. The van der Waals surface area contributed by atoms with E-state index in [-0.39, 0.29) is 143 Å². The van der Waals surface area contributed by atoms with E-state index in [1.807, 2.05) is 48.5 Å². The number of hydrogen-bond acceptors (Lipinski definition) is 11. The molecule has 1 aliphatic heterocycles. The topological polar surface area (TPSA) is 217 Å². The molecule has 1 saturated heterocycles. The maximum absolute atomic E-state index is 11.7. The molecule has 7 unspecified atom stereocenters. The predicted octanol–water partition coefficient (Wildman–Crippen LogP) is 7.51. The molecule has 67 heavy (non-hydrogen) atoms. The fourth-order valence-corrected chi connectivity index (χ4v) is 10.2. The molecule has 14 heteroatoms. The number of hydrogen-bond donors (Lipinski definition) is 5. The van der Waals surface area contributed by atoms with E-state index in [1.165, 1.54) is 4.90 Å². The summed E-state index contributed by atoms with van der Waals surface area (Å²) >= 11 is 0. The minimum Gasteiger partial charge on any atom is -0.392 e. The summed E-state index contributed by atoms with van der Waals surface area (Å²) in [6.07, 6.45) is 6.24. The number of nitrogens with zero attached hydrogens (tertiary/aromatic N) is 1. The van der Waals surface area contributed by atoms with E-state index in [0.29, 0.717) is 49.8 Å². The number of aliphatic hydroxyl groups is 3. The largest absolute Gasteiger partial charge is 0.392 e. The van der Waals surface area contributed by atoms with Crippen LogP contribution in [0.2, 0.25) is 0 Å². The molecule has 16 atom stereocenters. The molecule has 1 heterocycles. The number of ether oxygens (including phenoxy) is 1. The molecular weight excluding hydrogens is 855 g/mol. The van der Waals surface area contributed by atoms with Crippen LogP contribution in [0.5, 0.6) is 0 Å². The van der Waals surface area contributed by atoms with Crippen LogP contribution < -0.4 is 10.6 Å². The van der Waals surface area contributed by atoms with Crippen molar-refractivity contribution >= 4 is 40.9 Å². The van der Waals surface area contributed by atoms with Gasteiger partial charge in [-0.25, -0.2) is 0 Å².